The van der Waals surface area contributed by atoms with Crippen molar-refractivity contribution in [3.63, 3.8) is 0 Å². The van der Waals surface area contributed by atoms with Crippen LogP contribution in [0.2, 0.25) is 0 Å². The summed E-state index contributed by atoms with van der Waals surface area (Å²) in [5, 5.41) is 7.27. The molecule has 1 aliphatic heterocycles. The predicted molar refractivity (Wildman–Crippen MR) is 86.8 cm³/mol. The van der Waals surface area contributed by atoms with Gasteiger partial charge in [0.15, 0.2) is 0 Å². The first-order valence-corrected chi connectivity index (χ1v) is 7.76. The van der Waals surface area contributed by atoms with Gasteiger partial charge < -0.3 is 14.9 Å². The number of amides is 1. The normalized spacial score (nSPS) is 16.4. The molecule has 118 valence electrons. The van der Waals surface area contributed by atoms with Gasteiger partial charge in [-0.3, -0.25) is 4.79 Å². The van der Waals surface area contributed by atoms with Crippen LogP contribution in [0.1, 0.15) is 21.7 Å². The van der Waals surface area contributed by atoms with Crippen LogP contribution < -0.4 is 5.32 Å². The van der Waals surface area contributed by atoms with Crippen LogP contribution in [0.3, 0.4) is 0 Å². The smallest absolute Gasteiger partial charge is 0.348 e. The topological polar surface area (TPSA) is 77.0 Å². The van der Waals surface area contributed by atoms with Crippen LogP contribution in [0.4, 0.5) is 5.00 Å². The molecular weight excluding hydrogens is 316 g/mol. The van der Waals surface area contributed by atoms with E-state index >= 15 is 0 Å². The van der Waals surface area contributed by atoms with Crippen molar-refractivity contribution in [1.29, 1.82) is 0 Å². The fourth-order valence-corrected chi connectivity index (χ4v) is 2.96. The minimum atomic E-state index is -0.672. The number of oxime groups is 1. The molecule has 0 bridgehead atoms. The van der Waals surface area contributed by atoms with Crippen molar-refractivity contribution in [3.05, 3.63) is 52.9 Å². The first kappa shape index (κ1) is 15.2. The number of rotatable bonds is 4. The Kier molecular flexibility index (Phi) is 4.38. The molecule has 2 aromatic rings. The Morgan fingerprint density at radius 1 is 1.26 bits per heavy atom. The van der Waals surface area contributed by atoms with E-state index in [9.17, 15) is 9.59 Å². The third-order valence-electron chi connectivity index (χ3n) is 3.31. The maximum atomic E-state index is 12.2. The summed E-state index contributed by atoms with van der Waals surface area (Å²) in [5.74, 6) is -0.722. The summed E-state index contributed by atoms with van der Waals surface area (Å²) in [4.78, 5) is 29.3. The lowest BCUT2D eigenvalue weighted by Gasteiger charge is -2.07. The first-order valence-electron chi connectivity index (χ1n) is 6.94. The lowest BCUT2D eigenvalue weighted by molar-refractivity contribution is -0.125. The molecule has 0 aliphatic carbocycles. The highest BCUT2D eigenvalue weighted by Gasteiger charge is 2.29. The molecule has 1 amide bonds. The Morgan fingerprint density at radius 3 is 2.78 bits per heavy atom. The van der Waals surface area contributed by atoms with Crippen molar-refractivity contribution in [2.24, 2.45) is 5.16 Å². The van der Waals surface area contributed by atoms with Crippen molar-refractivity contribution >= 4 is 33.9 Å². The Morgan fingerprint density at radius 2 is 2.04 bits per heavy atom. The fraction of sp³-hybridized carbons (Fsp3) is 0.188. The maximum Gasteiger partial charge on any atom is 0.348 e. The zero-order valence-corrected chi connectivity index (χ0v) is 13.1. The zero-order valence-electron chi connectivity index (χ0n) is 12.3. The summed E-state index contributed by atoms with van der Waals surface area (Å²) in [7, 11) is 1.31. The van der Waals surface area contributed by atoms with Gasteiger partial charge in [-0.1, -0.05) is 35.5 Å². The Bertz CT molecular complexity index is 754. The highest BCUT2D eigenvalue weighted by atomic mass is 32.1. The van der Waals surface area contributed by atoms with E-state index < -0.39 is 12.1 Å². The van der Waals surface area contributed by atoms with Crippen LogP contribution in [0.15, 0.2) is 47.6 Å². The van der Waals surface area contributed by atoms with Gasteiger partial charge in [-0.2, -0.15) is 0 Å². The van der Waals surface area contributed by atoms with Gasteiger partial charge >= 0.3 is 5.97 Å². The molecule has 1 N–H and O–H groups in total. The molecule has 1 aliphatic rings. The summed E-state index contributed by atoms with van der Waals surface area (Å²) in [6, 6.07) is 12.8. The summed E-state index contributed by atoms with van der Waals surface area (Å²) in [5.41, 5.74) is 1.68. The second-order valence-electron chi connectivity index (χ2n) is 4.85. The highest BCUT2D eigenvalue weighted by Crippen LogP contribution is 2.24. The number of esters is 1. The molecule has 1 atom stereocenters. The largest absolute Gasteiger partial charge is 0.465 e. The SMILES string of the molecule is COC(=O)c1ccc(NC(=O)[C@H]2CC(c3ccccc3)=NO2)s1. The molecule has 0 radical (unpaired) electrons. The Hall–Kier alpha value is -2.67. The standard InChI is InChI=1S/C16H14N2O4S/c1-21-16(20)13-7-8-14(23-13)17-15(19)12-9-11(18-22-12)10-5-3-2-4-6-10/h2-8,12H,9H2,1H3,(H,17,19)/t12-/m1/s1. The van der Waals surface area contributed by atoms with Gasteiger partial charge in [0.25, 0.3) is 5.91 Å². The molecule has 23 heavy (non-hydrogen) atoms. The van der Waals surface area contributed by atoms with E-state index in [1.807, 2.05) is 30.3 Å². The van der Waals surface area contributed by atoms with E-state index in [2.05, 4.69) is 15.2 Å². The van der Waals surface area contributed by atoms with E-state index in [1.54, 1.807) is 12.1 Å². The second kappa shape index (κ2) is 6.62. The van der Waals surface area contributed by atoms with Gasteiger partial charge in [0.05, 0.1) is 17.8 Å². The summed E-state index contributed by atoms with van der Waals surface area (Å²) < 4.78 is 4.63. The number of hydrogen-bond acceptors (Lipinski definition) is 6. The van der Waals surface area contributed by atoms with E-state index in [4.69, 9.17) is 4.84 Å². The number of anilines is 1. The molecule has 0 unspecified atom stereocenters. The lowest BCUT2D eigenvalue weighted by Crippen LogP contribution is -2.27. The number of thiophene rings is 1. The number of nitrogens with one attached hydrogen (secondary N) is 1. The fourth-order valence-electron chi connectivity index (χ4n) is 2.14. The van der Waals surface area contributed by atoms with Crippen molar-refractivity contribution in [2.45, 2.75) is 12.5 Å². The zero-order chi connectivity index (χ0) is 16.2. The van der Waals surface area contributed by atoms with E-state index in [-0.39, 0.29) is 5.91 Å². The molecular formula is C16H14N2O4S. The Balaban J connectivity index is 1.60. The predicted octanol–water partition coefficient (Wildman–Crippen LogP) is 2.67. The van der Waals surface area contributed by atoms with Crippen LogP contribution >= 0.6 is 11.3 Å². The average Bonchev–Trinajstić information content (AvgIpc) is 3.24. The van der Waals surface area contributed by atoms with Crippen molar-refractivity contribution in [3.8, 4) is 0 Å². The van der Waals surface area contributed by atoms with E-state index in [0.29, 0.717) is 16.3 Å². The number of ether oxygens (including phenoxy) is 1. The molecule has 0 saturated heterocycles. The van der Waals surface area contributed by atoms with Crippen molar-refractivity contribution in [2.75, 3.05) is 12.4 Å². The van der Waals surface area contributed by atoms with Crippen molar-refractivity contribution < 1.29 is 19.2 Å². The van der Waals surface area contributed by atoms with Gasteiger partial charge in [-0.25, -0.2) is 4.79 Å². The Labute approximate surface area is 136 Å². The lowest BCUT2D eigenvalue weighted by atomic mass is 10.1. The number of carbonyl (C=O) groups excluding carboxylic acids is 2. The monoisotopic (exact) mass is 330 g/mol. The van der Waals surface area contributed by atoms with Gasteiger partial charge in [0.2, 0.25) is 6.10 Å². The summed E-state index contributed by atoms with van der Waals surface area (Å²) in [6.45, 7) is 0. The van der Waals surface area contributed by atoms with E-state index in [0.717, 1.165) is 22.6 Å². The van der Waals surface area contributed by atoms with Crippen LogP contribution in [-0.2, 0) is 14.4 Å². The highest BCUT2D eigenvalue weighted by molar-refractivity contribution is 7.18. The maximum absolute atomic E-state index is 12.2. The van der Waals surface area contributed by atoms with Crippen LogP contribution in [0.5, 0.6) is 0 Å². The number of carbonyl (C=O) groups is 2. The van der Waals surface area contributed by atoms with Gasteiger partial charge in [0, 0.05) is 6.42 Å². The van der Waals surface area contributed by atoms with Crippen LogP contribution in [0.25, 0.3) is 0 Å². The van der Waals surface area contributed by atoms with Gasteiger partial charge in [-0.15, -0.1) is 11.3 Å². The van der Waals surface area contributed by atoms with Gasteiger partial charge in [0.1, 0.15) is 4.88 Å². The minimum Gasteiger partial charge on any atom is -0.465 e. The quantitative estimate of drug-likeness (QED) is 0.874. The first-order chi connectivity index (χ1) is 11.2. The molecule has 1 aromatic heterocycles. The molecule has 2 heterocycles. The number of methoxy groups -OCH3 is 1. The molecule has 3 rings (SSSR count). The second-order valence-corrected chi connectivity index (χ2v) is 5.93. The average molecular weight is 330 g/mol. The van der Waals surface area contributed by atoms with Gasteiger partial charge in [-0.05, 0) is 17.7 Å². The third-order valence-corrected chi connectivity index (χ3v) is 4.29. The van der Waals surface area contributed by atoms with E-state index in [1.165, 1.54) is 7.11 Å². The molecule has 0 fully saturated rings. The third kappa shape index (κ3) is 3.40. The number of hydrogen-bond donors (Lipinski definition) is 1. The molecule has 0 saturated carbocycles. The number of nitrogens with zero attached hydrogens (tertiary/aromatic N) is 1. The molecule has 1 aromatic carbocycles. The number of benzene rings is 1. The molecule has 0 spiro atoms. The summed E-state index contributed by atoms with van der Waals surface area (Å²) in [6.07, 6.45) is -0.265. The summed E-state index contributed by atoms with van der Waals surface area (Å²) >= 11 is 1.15. The van der Waals surface area contributed by atoms with Crippen molar-refractivity contribution in [1.82, 2.24) is 0 Å². The molecule has 7 heteroatoms. The van der Waals surface area contributed by atoms with Crippen LogP contribution in [-0.4, -0.2) is 30.8 Å². The van der Waals surface area contributed by atoms with Crippen LogP contribution in [0, 0.1) is 0 Å². The minimum absolute atomic E-state index is 0.294. The molecule has 6 nitrogen and oxygen atoms in total.